The number of carbonyl (C=O) groups is 2. The summed E-state index contributed by atoms with van der Waals surface area (Å²) in [4.78, 5) is 35.9. The largest absolute Gasteiger partial charge is 0.499 e. The summed E-state index contributed by atoms with van der Waals surface area (Å²) >= 11 is 1.19. The molecule has 4 aromatic rings. The molecule has 0 aliphatic carbocycles. The number of hydrogen-bond acceptors (Lipinski definition) is 6. The Balaban J connectivity index is 1.30. The van der Waals surface area contributed by atoms with Crippen molar-refractivity contribution in [1.82, 2.24) is 14.8 Å². The van der Waals surface area contributed by atoms with E-state index >= 15 is 0 Å². The summed E-state index contributed by atoms with van der Waals surface area (Å²) in [6.45, 7) is 7.82. The Morgan fingerprint density at radius 2 is 1.72 bits per heavy atom. The van der Waals surface area contributed by atoms with Gasteiger partial charge in [0.1, 0.15) is 11.6 Å². The van der Waals surface area contributed by atoms with Gasteiger partial charge in [-0.05, 0) is 78.6 Å². The lowest BCUT2D eigenvalue weighted by atomic mass is 9.99. The van der Waals surface area contributed by atoms with Crippen LogP contribution in [0, 0.1) is 6.92 Å². The van der Waals surface area contributed by atoms with Crippen molar-refractivity contribution in [3.05, 3.63) is 83.7 Å². The van der Waals surface area contributed by atoms with Crippen LogP contribution in [0.15, 0.2) is 71.7 Å². The van der Waals surface area contributed by atoms with Crippen molar-refractivity contribution in [2.45, 2.75) is 52.3 Å². The van der Waals surface area contributed by atoms with Gasteiger partial charge in [0.05, 0.1) is 17.1 Å². The number of nitrogens with zero attached hydrogens (tertiary/aromatic N) is 5. The van der Waals surface area contributed by atoms with Crippen molar-refractivity contribution in [2.24, 2.45) is 4.99 Å². The van der Waals surface area contributed by atoms with Gasteiger partial charge in [-0.25, -0.2) is 14.5 Å². The molecule has 246 valence electrons. The lowest BCUT2D eigenvalue weighted by molar-refractivity contribution is -0.360. The average molecular weight is 673 g/mol. The molecule has 1 saturated heterocycles. The Morgan fingerprint density at radius 3 is 2.34 bits per heavy atom. The first-order chi connectivity index (χ1) is 22.2. The molecule has 1 aliphatic rings. The van der Waals surface area contributed by atoms with Gasteiger partial charge < -0.3 is 10.1 Å². The number of aliphatic imine (C=N–C) groups is 1. The Morgan fingerprint density at radius 1 is 1.04 bits per heavy atom. The summed E-state index contributed by atoms with van der Waals surface area (Å²) in [5, 5.41) is 7.47. The van der Waals surface area contributed by atoms with Crippen molar-refractivity contribution >= 4 is 40.2 Å². The molecule has 5 rings (SSSR count). The molecule has 0 atom stereocenters. The number of thioether (sulfide) groups is 1. The second-order valence-electron chi connectivity index (χ2n) is 10.9. The van der Waals surface area contributed by atoms with Crippen LogP contribution in [-0.4, -0.2) is 49.9 Å². The van der Waals surface area contributed by atoms with Crippen LogP contribution in [0.5, 0.6) is 5.75 Å². The van der Waals surface area contributed by atoms with Crippen molar-refractivity contribution in [3.63, 3.8) is 0 Å². The summed E-state index contributed by atoms with van der Waals surface area (Å²) in [5.74, 6) is 0.305. The number of ether oxygens (including phenoxy) is 1. The van der Waals surface area contributed by atoms with E-state index in [0.717, 1.165) is 23.3 Å². The molecule has 9 nitrogen and oxygen atoms in total. The number of anilines is 2. The summed E-state index contributed by atoms with van der Waals surface area (Å²) in [5.41, 5.74) is 4.04. The lowest BCUT2D eigenvalue weighted by Gasteiger charge is -2.22. The number of benzene rings is 3. The highest BCUT2D eigenvalue weighted by molar-refractivity contribution is 8.15. The number of urea groups is 1. The predicted octanol–water partition coefficient (Wildman–Crippen LogP) is 8.13. The fraction of sp³-hybridized carbons (Fsp3) is 0.281. The molecule has 15 heteroatoms. The molecule has 47 heavy (non-hydrogen) atoms. The van der Waals surface area contributed by atoms with Crippen LogP contribution >= 0.6 is 11.8 Å². The third-order valence-electron chi connectivity index (χ3n) is 7.05. The summed E-state index contributed by atoms with van der Waals surface area (Å²) in [7, 11) is 0. The van der Waals surface area contributed by atoms with Crippen molar-refractivity contribution in [1.29, 1.82) is 0 Å². The van der Waals surface area contributed by atoms with Crippen LogP contribution in [0.25, 0.3) is 17.1 Å². The molecule has 1 N–H and O–H groups in total. The van der Waals surface area contributed by atoms with Gasteiger partial charge in [-0.3, -0.25) is 9.69 Å². The maximum Gasteiger partial charge on any atom is 0.499 e. The molecular weight excluding hydrogens is 643 g/mol. The second kappa shape index (κ2) is 13.1. The molecule has 1 aromatic heterocycles. The van der Waals surface area contributed by atoms with Crippen LogP contribution in [0.3, 0.4) is 0 Å². The van der Waals surface area contributed by atoms with Crippen molar-refractivity contribution < 1.29 is 36.3 Å². The highest BCUT2D eigenvalue weighted by Gasteiger charge is 2.61. The zero-order valence-corrected chi connectivity index (χ0v) is 26.4. The fourth-order valence-corrected chi connectivity index (χ4v) is 5.58. The van der Waals surface area contributed by atoms with Gasteiger partial charge in [-0.15, -0.1) is 5.10 Å². The minimum Gasteiger partial charge on any atom is -0.426 e. The first-order valence-corrected chi connectivity index (χ1v) is 15.4. The SMILES string of the molecule is CCc1nc(-c2ccc(NC(=O)N=C3SCC(=O)N3c3cc(C)ccc3C(C)C)cc2)nn1-c1ccc(OC(F)(F)C(F)(F)F)cc1. The molecule has 0 unspecified atom stereocenters. The van der Waals surface area contributed by atoms with Crippen LogP contribution in [0.4, 0.5) is 38.1 Å². The van der Waals surface area contributed by atoms with E-state index in [1.165, 1.54) is 33.5 Å². The Hall–Kier alpha value is -4.79. The molecule has 0 bridgehead atoms. The van der Waals surface area contributed by atoms with E-state index in [0.29, 0.717) is 40.7 Å². The molecule has 0 spiro atoms. The number of amidine groups is 1. The predicted molar refractivity (Wildman–Crippen MR) is 169 cm³/mol. The maximum absolute atomic E-state index is 13.3. The minimum atomic E-state index is -5.86. The highest BCUT2D eigenvalue weighted by Crippen LogP contribution is 2.38. The van der Waals surface area contributed by atoms with E-state index < -0.39 is 24.1 Å². The van der Waals surface area contributed by atoms with Crippen molar-refractivity contribution in [3.8, 4) is 22.8 Å². The van der Waals surface area contributed by atoms with E-state index in [2.05, 4.69) is 25.1 Å². The number of hydrogen-bond donors (Lipinski definition) is 1. The van der Waals surface area contributed by atoms with Crippen LogP contribution < -0.4 is 15.0 Å². The molecule has 1 aliphatic heterocycles. The van der Waals surface area contributed by atoms with Gasteiger partial charge in [0.2, 0.25) is 5.91 Å². The Labute approximate surface area is 270 Å². The molecule has 2 heterocycles. The molecule has 1 fully saturated rings. The molecular formula is C32H29F5N6O3S. The second-order valence-corrected chi connectivity index (χ2v) is 11.8. The first-order valence-electron chi connectivity index (χ1n) is 14.4. The van der Waals surface area contributed by atoms with Gasteiger partial charge in [-0.1, -0.05) is 44.7 Å². The van der Waals surface area contributed by atoms with E-state index in [-0.39, 0.29) is 22.7 Å². The van der Waals surface area contributed by atoms with E-state index in [1.54, 1.807) is 24.3 Å². The quantitative estimate of drug-likeness (QED) is 0.190. The van der Waals surface area contributed by atoms with E-state index in [4.69, 9.17) is 0 Å². The average Bonchev–Trinajstić information content (AvgIpc) is 3.60. The van der Waals surface area contributed by atoms with Gasteiger partial charge in [-0.2, -0.15) is 26.9 Å². The zero-order valence-electron chi connectivity index (χ0n) is 25.6. The molecule has 3 amide bonds. The Kier molecular flexibility index (Phi) is 9.39. The smallest absolute Gasteiger partial charge is 0.426 e. The highest BCUT2D eigenvalue weighted by atomic mass is 32.2. The van der Waals surface area contributed by atoms with Crippen LogP contribution in [0.1, 0.15) is 43.6 Å². The number of rotatable bonds is 8. The van der Waals surface area contributed by atoms with Gasteiger partial charge in [0, 0.05) is 17.7 Å². The normalized spacial score (nSPS) is 14.7. The summed E-state index contributed by atoms with van der Waals surface area (Å²) in [6, 6.07) is 16.4. The summed E-state index contributed by atoms with van der Waals surface area (Å²) < 4.78 is 69.3. The Bertz CT molecular complexity index is 1820. The third-order valence-corrected chi connectivity index (χ3v) is 7.98. The topological polar surface area (TPSA) is 102 Å². The number of amides is 3. The minimum absolute atomic E-state index is 0.148. The monoisotopic (exact) mass is 672 g/mol. The van der Waals surface area contributed by atoms with Gasteiger partial charge >= 0.3 is 18.3 Å². The maximum atomic E-state index is 13.3. The number of carbonyl (C=O) groups excluding carboxylic acids is 2. The summed E-state index contributed by atoms with van der Waals surface area (Å²) in [6.07, 6.45) is -10.8. The number of aromatic nitrogens is 3. The van der Waals surface area contributed by atoms with Gasteiger partial charge in [0.25, 0.3) is 0 Å². The van der Waals surface area contributed by atoms with Crippen LogP contribution in [-0.2, 0) is 11.2 Å². The molecule has 3 aromatic carbocycles. The van der Waals surface area contributed by atoms with E-state index in [1.807, 2.05) is 45.9 Å². The fourth-order valence-electron chi connectivity index (χ4n) is 4.72. The van der Waals surface area contributed by atoms with Crippen molar-refractivity contribution in [2.75, 3.05) is 16.0 Å². The number of nitrogens with one attached hydrogen (secondary N) is 1. The lowest BCUT2D eigenvalue weighted by Crippen LogP contribution is -2.41. The zero-order chi connectivity index (χ0) is 34.1. The third kappa shape index (κ3) is 7.29. The first kappa shape index (κ1) is 33.6. The molecule has 0 radical (unpaired) electrons. The van der Waals surface area contributed by atoms with Crippen LogP contribution in [0.2, 0.25) is 0 Å². The molecule has 0 saturated carbocycles. The standard InChI is InChI=1S/C32H29F5N6O3S/c1-5-26-39-28(41-43(26)22-11-13-23(14-12-22)46-32(36,37)31(33,34)35)20-7-9-21(10-8-20)38-29(45)40-30-42(27(44)17-47-30)25-16-19(4)6-15-24(25)18(2)3/h6-16,18H,5,17H2,1-4H3,(H,38,45). The van der Waals surface area contributed by atoms with Gasteiger partial charge in [0.15, 0.2) is 11.0 Å². The number of alkyl halides is 5. The van der Waals surface area contributed by atoms with E-state index in [9.17, 15) is 31.5 Å². The number of halogens is 5. The number of aryl methyl sites for hydroxylation is 2.